The minimum Gasteiger partial charge on any atom is -0.495 e. The molecule has 1 saturated heterocycles. The molecule has 0 saturated carbocycles. The van der Waals surface area contributed by atoms with Gasteiger partial charge in [0, 0.05) is 19.6 Å². The fourth-order valence-electron chi connectivity index (χ4n) is 2.19. The normalized spacial score (nSPS) is 18.7. The molecule has 1 aliphatic heterocycles. The number of hydrogen-bond donors (Lipinski definition) is 1. The zero-order valence-electron chi connectivity index (χ0n) is 10.4. The zero-order valence-corrected chi connectivity index (χ0v) is 11.2. The van der Waals surface area contributed by atoms with E-state index in [2.05, 4.69) is 0 Å². The quantitative estimate of drug-likeness (QED) is 0.860. The summed E-state index contributed by atoms with van der Waals surface area (Å²) in [5, 5.41) is 0. The van der Waals surface area contributed by atoms with Crippen molar-refractivity contribution in [2.75, 3.05) is 36.6 Å². The Bertz CT molecular complexity index is 492. The fraction of sp³-hybridized carbons (Fsp3) is 0.500. The number of sulfone groups is 1. The minimum absolute atomic E-state index is 0.190. The van der Waals surface area contributed by atoms with Crippen LogP contribution in [0.3, 0.4) is 0 Å². The average molecular weight is 270 g/mol. The van der Waals surface area contributed by atoms with Crippen molar-refractivity contribution < 1.29 is 13.2 Å². The average Bonchev–Trinajstić information content (AvgIpc) is 2.38. The molecule has 0 aromatic heterocycles. The van der Waals surface area contributed by atoms with Crippen molar-refractivity contribution in [3.8, 4) is 5.75 Å². The number of methoxy groups -OCH3 is 1. The smallest absolute Gasteiger partial charge is 0.153 e. The van der Waals surface area contributed by atoms with Crippen LogP contribution in [0.1, 0.15) is 5.56 Å². The van der Waals surface area contributed by atoms with E-state index in [1.165, 1.54) is 0 Å². The van der Waals surface area contributed by atoms with E-state index in [1.54, 1.807) is 7.11 Å². The van der Waals surface area contributed by atoms with Crippen molar-refractivity contribution in [2.45, 2.75) is 6.54 Å². The second-order valence-electron chi connectivity index (χ2n) is 4.31. The molecule has 0 bridgehead atoms. The van der Waals surface area contributed by atoms with Crippen molar-refractivity contribution in [1.29, 1.82) is 0 Å². The van der Waals surface area contributed by atoms with E-state index in [0.717, 1.165) is 17.0 Å². The van der Waals surface area contributed by atoms with Gasteiger partial charge in [0.05, 0.1) is 24.3 Å². The molecule has 0 radical (unpaired) electrons. The molecule has 1 heterocycles. The molecule has 100 valence electrons. The maximum atomic E-state index is 11.5. The lowest BCUT2D eigenvalue weighted by molar-refractivity contribution is 0.414. The minimum atomic E-state index is -2.88. The first kappa shape index (κ1) is 13.2. The highest BCUT2D eigenvalue weighted by Crippen LogP contribution is 2.32. The lowest BCUT2D eigenvalue weighted by Crippen LogP contribution is -2.41. The van der Waals surface area contributed by atoms with Gasteiger partial charge in [-0.25, -0.2) is 8.42 Å². The number of para-hydroxylation sites is 1. The van der Waals surface area contributed by atoms with Crippen LogP contribution < -0.4 is 15.4 Å². The van der Waals surface area contributed by atoms with E-state index in [1.807, 2.05) is 23.1 Å². The molecule has 1 fully saturated rings. The van der Waals surface area contributed by atoms with Gasteiger partial charge >= 0.3 is 0 Å². The van der Waals surface area contributed by atoms with Crippen LogP contribution in [0, 0.1) is 0 Å². The Kier molecular flexibility index (Phi) is 3.77. The predicted molar refractivity (Wildman–Crippen MR) is 71.8 cm³/mol. The van der Waals surface area contributed by atoms with Gasteiger partial charge in [-0.1, -0.05) is 12.1 Å². The molecule has 2 N–H and O–H groups in total. The third-order valence-electron chi connectivity index (χ3n) is 3.18. The van der Waals surface area contributed by atoms with Crippen LogP contribution in [-0.4, -0.2) is 40.1 Å². The second-order valence-corrected chi connectivity index (χ2v) is 6.61. The summed E-state index contributed by atoms with van der Waals surface area (Å²) in [5.74, 6) is 1.13. The predicted octanol–water partition coefficient (Wildman–Crippen LogP) is 0.389. The summed E-state index contributed by atoms with van der Waals surface area (Å²) in [6.45, 7) is 1.40. The molecule has 1 aromatic carbocycles. The molecular weight excluding hydrogens is 252 g/mol. The standard InChI is InChI=1S/C12H18N2O3S/c1-17-11-4-2-3-10(9-13)12(11)14-5-7-18(15,16)8-6-14/h2-4H,5-9,13H2,1H3. The van der Waals surface area contributed by atoms with Gasteiger partial charge in [0.2, 0.25) is 0 Å². The van der Waals surface area contributed by atoms with Crippen molar-refractivity contribution in [2.24, 2.45) is 5.73 Å². The molecule has 2 rings (SSSR count). The van der Waals surface area contributed by atoms with Crippen LogP contribution in [0.4, 0.5) is 5.69 Å². The number of benzene rings is 1. The van der Waals surface area contributed by atoms with Crippen LogP contribution in [0.5, 0.6) is 5.75 Å². The molecule has 0 atom stereocenters. The molecule has 0 spiro atoms. The van der Waals surface area contributed by atoms with Gasteiger partial charge < -0.3 is 15.4 Å². The molecule has 6 heteroatoms. The Morgan fingerprint density at radius 1 is 1.33 bits per heavy atom. The lowest BCUT2D eigenvalue weighted by Gasteiger charge is -2.31. The highest BCUT2D eigenvalue weighted by atomic mass is 32.2. The highest BCUT2D eigenvalue weighted by Gasteiger charge is 2.25. The zero-order chi connectivity index (χ0) is 13.2. The van der Waals surface area contributed by atoms with Crippen LogP contribution in [-0.2, 0) is 16.4 Å². The van der Waals surface area contributed by atoms with E-state index in [9.17, 15) is 8.42 Å². The van der Waals surface area contributed by atoms with E-state index < -0.39 is 9.84 Å². The van der Waals surface area contributed by atoms with Crippen molar-refractivity contribution >= 4 is 15.5 Å². The molecule has 18 heavy (non-hydrogen) atoms. The van der Waals surface area contributed by atoms with Gasteiger partial charge in [-0.05, 0) is 11.6 Å². The fourth-order valence-corrected chi connectivity index (χ4v) is 3.39. The molecular formula is C12H18N2O3S. The Hall–Kier alpha value is -1.27. The number of nitrogens with zero attached hydrogens (tertiary/aromatic N) is 1. The molecule has 0 amide bonds. The van der Waals surface area contributed by atoms with Crippen LogP contribution in [0.15, 0.2) is 18.2 Å². The number of rotatable bonds is 3. The van der Waals surface area contributed by atoms with E-state index in [-0.39, 0.29) is 11.5 Å². The third-order valence-corrected chi connectivity index (χ3v) is 4.79. The number of ether oxygens (including phenoxy) is 1. The van der Waals surface area contributed by atoms with Crippen molar-refractivity contribution in [3.63, 3.8) is 0 Å². The molecule has 5 nitrogen and oxygen atoms in total. The first-order valence-corrected chi connectivity index (χ1v) is 7.71. The topological polar surface area (TPSA) is 72.6 Å². The van der Waals surface area contributed by atoms with Crippen LogP contribution in [0.2, 0.25) is 0 Å². The van der Waals surface area contributed by atoms with E-state index in [0.29, 0.717) is 19.6 Å². The Balaban J connectivity index is 2.33. The van der Waals surface area contributed by atoms with Gasteiger partial charge in [-0.2, -0.15) is 0 Å². The SMILES string of the molecule is COc1cccc(CN)c1N1CCS(=O)(=O)CC1. The third kappa shape index (κ3) is 2.59. The highest BCUT2D eigenvalue weighted by molar-refractivity contribution is 7.91. The summed E-state index contributed by atoms with van der Waals surface area (Å²) in [6.07, 6.45) is 0. The second kappa shape index (κ2) is 5.16. The molecule has 1 aliphatic rings. The van der Waals surface area contributed by atoms with Gasteiger partial charge in [0.25, 0.3) is 0 Å². The maximum Gasteiger partial charge on any atom is 0.153 e. The molecule has 0 unspecified atom stereocenters. The Morgan fingerprint density at radius 3 is 2.56 bits per heavy atom. The van der Waals surface area contributed by atoms with Crippen molar-refractivity contribution in [1.82, 2.24) is 0 Å². The van der Waals surface area contributed by atoms with E-state index >= 15 is 0 Å². The maximum absolute atomic E-state index is 11.5. The summed E-state index contributed by atoms with van der Waals surface area (Å²) in [6, 6.07) is 5.71. The van der Waals surface area contributed by atoms with Crippen LogP contribution in [0.25, 0.3) is 0 Å². The van der Waals surface area contributed by atoms with Crippen LogP contribution >= 0.6 is 0 Å². The first-order chi connectivity index (χ1) is 8.57. The summed E-state index contributed by atoms with van der Waals surface area (Å²) >= 11 is 0. The monoisotopic (exact) mass is 270 g/mol. The first-order valence-electron chi connectivity index (χ1n) is 5.88. The summed E-state index contributed by atoms with van der Waals surface area (Å²) in [5.41, 5.74) is 7.64. The summed E-state index contributed by atoms with van der Waals surface area (Å²) < 4.78 is 28.3. The van der Waals surface area contributed by atoms with Gasteiger partial charge in [-0.3, -0.25) is 0 Å². The molecule has 1 aromatic rings. The van der Waals surface area contributed by atoms with Gasteiger partial charge in [0.1, 0.15) is 5.75 Å². The van der Waals surface area contributed by atoms with Crippen molar-refractivity contribution in [3.05, 3.63) is 23.8 Å². The summed E-state index contributed by atoms with van der Waals surface area (Å²) in [4.78, 5) is 2.04. The van der Waals surface area contributed by atoms with E-state index in [4.69, 9.17) is 10.5 Å². The lowest BCUT2D eigenvalue weighted by atomic mass is 10.1. The number of hydrogen-bond acceptors (Lipinski definition) is 5. The Labute approximate surface area is 107 Å². The largest absolute Gasteiger partial charge is 0.495 e. The van der Waals surface area contributed by atoms with Gasteiger partial charge in [0.15, 0.2) is 9.84 Å². The molecule has 0 aliphatic carbocycles. The van der Waals surface area contributed by atoms with Gasteiger partial charge in [-0.15, -0.1) is 0 Å². The Morgan fingerprint density at radius 2 is 2.00 bits per heavy atom. The summed E-state index contributed by atoms with van der Waals surface area (Å²) in [7, 11) is -1.27. The number of nitrogens with two attached hydrogens (primary N) is 1. The number of anilines is 1.